The largest absolute Gasteiger partial charge is 0.431 e. The first-order chi connectivity index (χ1) is 7.34. The summed E-state index contributed by atoms with van der Waals surface area (Å²) in [5, 5.41) is 3.37. The van der Waals surface area contributed by atoms with Crippen LogP contribution in [0.4, 0.5) is 13.2 Å². The number of fused-ring (bicyclic) bond motifs is 1. The molecule has 16 heavy (non-hydrogen) atoms. The minimum Gasteiger partial charge on any atom is -0.338 e. The van der Waals surface area contributed by atoms with Gasteiger partial charge >= 0.3 is 6.18 Å². The molecule has 2 heterocycles. The third-order valence-corrected chi connectivity index (χ3v) is 2.40. The van der Waals surface area contributed by atoms with Crippen LogP contribution in [0.5, 0.6) is 0 Å². The number of rotatable bonds is 0. The van der Waals surface area contributed by atoms with E-state index in [1.807, 2.05) is 0 Å². The van der Waals surface area contributed by atoms with Crippen LogP contribution < -0.4 is 5.43 Å². The Morgan fingerprint density at radius 2 is 2.06 bits per heavy atom. The molecule has 0 atom stereocenters. The molecule has 0 unspecified atom stereocenters. The minimum absolute atomic E-state index is 0.0491. The lowest BCUT2D eigenvalue weighted by molar-refractivity contribution is -0.143. The monoisotopic (exact) mass is 232 g/mol. The molecule has 0 radical (unpaired) electrons. The summed E-state index contributed by atoms with van der Waals surface area (Å²) in [7, 11) is 1.18. The van der Waals surface area contributed by atoms with Crippen LogP contribution in [0.25, 0.3) is 11.1 Å². The molecule has 0 N–H and O–H groups in total. The van der Waals surface area contributed by atoms with Gasteiger partial charge in [0.2, 0.25) is 5.71 Å². The fourth-order valence-corrected chi connectivity index (χ4v) is 1.70. The van der Waals surface area contributed by atoms with Crippen LogP contribution in [0.1, 0.15) is 11.3 Å². The summed E-state index contributed by atoms with van der Waals surface area (Å²) in [6.45, 7) is 1.14. The molecule has 2 rings (SSSR count). The van der Waals surface area contributed by atoms with Gasteiger partial charge in [0.25, 0.3) is 0 Å². The summed E-state index contributed by atoms with van der Waals surface area (Å²) in [6.07, 6.45) is -3.48. The third kappa shape index (κ3) is 1.31. The summed E-state index contributed by atoms with van der Waals surface area (Å²) in [6, 6.07) is 0. The Bertz CT molecular complexity index is 609. The van der Waals surface area contributed by atoms with Gasteiger partial charge in [-0.3, -0.25) is 4.79 Å². The molecule has 0 aromatic carbocycles. The Labute approximate surface area is 87.3 Å². The highest BCUT2D eigenvalue weighted by Crippen LogP contribution is 2.31. The van der Waals surface area contributed by atoms with E-state index in [1.165, 1.54) is 7.05 Å². The molecule has 7 heteroatoms. The first-order valence-electron chi connectivity index (χ1n) is 4.35. The van der Waals surface area contributed by atoms with E-state index in [0.717, 1.165) is 17.7 Å². The van der Waals surface area contributed by atoms with Gasteiger partial charge in [0.15, 0.2) is 5.43 Å². The average molecular weight is 232 g/mol. The number of hydrogen-bond donors (Lipinski definition) is 0. The molecule has 0 aliphatic rings. The van der Waals surface area contributed by atoms with E-state index in [9.17, 15) is 18.0 Å². The van der Waals surface area contributed by atoms with Gasteiger partial charge in [0, 0.05) is 12.6 Å². The fraction of sp³-hybridized carbons (Fsp3) is 0.333. The van der Waals surface area contributed by atoms with Crippen LogP contribution in [-0.2, 0) is 13.2 Å². The first kappa shape index (κ1) is 10.7. The van der Waals surface area contributed by atoms with Crippen LogP contribution in [0.2, 0.25) is 0 Å². The lowest BCUT2D eigenvalue weighted by atomic mass is 10.1. The predicted octanol–water partition coefficient (Wildman–Crippen LogP) is 1.85. The number of alkyl halides is 3. The maximum absolute atomic E-state index is 12.7. The summed E-state index contributed by atoms with van der Waals surface area (Å²) >= 11 is 0. The molecule has 0 saturated carbocycles. The number of nitrogens with zero attached hydrogens (tertiary/aromatic N) is 2. The number of hydrogen-bond acceptors (Lipinski definition) is 3. The Kier molecular flexibility index (Phi) is 2.08. The quantitative estimate of drug-likeness (QED) is 0.696. The van der Waals surface area contributed by atoms with Gasteiger partial charge < -0.3 is 9.09 Å². The molecule has 0 amide bonds. The normalized spacial score (nSPS) is 12.3. The lowest BCUT2D eigenvalue weighted by Crippen LogP contribution is -2.22. The summed E-state index contributed by atoms with van der Waals surface area (Å²) in [5.41, 5.74) is -2.25. The lowest BCUT2D eigenvalue weighted by Gasteiger charge is -2.14. The van der Waals surface area contributed by atoms with Crippen molar-refractivity contribution in [2.24, 2.45) is 7.05 Å². The molecule has 2 aromatic rings. The standard InChI is InChI=1S/C9H7F3N2O2/c1-4-6(15)5-3-13-16-8(5)14(2)7(4)9(10,11)12/h3H,1-2H3. The molecular formula is C9H7F3N2O2. The Morgan fingerprint density at radius 1 is 1.44 bits per heavy atom. The fourth-order valence-electron chi connectivity index (χ4n) is 1.70. The van der Waals surface area contributed by atoms with Crippen molar-refractivity contribution in [2.45, 2.75) is 13.1 Å². The van der Waals surface area contributed by atoms with E-state index >= 15 is 0 Å². The maximum atomic E-state index is 12.7. The van der Waals surface area contributed by atoms with E-state index in [-0.39, 0.29) is 16.7 Å². The van der Waals surface area contributed by atoms with Gasteiger partial charge in [-0.25, -0.2) is 0 Å². The van der Waals surface area contributed by atoms with E-state index in [0.29, 0.717) is 0 Å². The van der Waals surface area contributed by atoms with Crippen molar-refractivity contribution < 1.29 is 17.7 Å². The van der Waals surface area contributed by atoms with Crippen molar-refractivity contribution in [1.29, 1.82) is 0 Å². The third-order valence-electron chi connectivity index (χ3n) is 2.40. The molecule has 0 saturated heterocycles. The van der Waals surface area contributed by atoms with Crippen molar-refractivity contribution in [2.75, 3.05) is 0 Å². The van der Waals surface area contributed by atoms with E-state index in [4.69, 9.17) is 0 Å². The number of pyridine rings is 1. The minimum atomic E-state index is -4.60. The summed E-state index contributed by atoms with van der Waals surface area (Å²) in [5.74, 6) is 0. The van der Waals surface area contributed by atoms with Crippen LogP contribution in [0.3, 0.4) is 0 Å². The van der Waals surface area contributed by atoms with Crippen molar-refractivity contribution in [3.8, 4) is 0 Å². The molecular weight excluding hydrogens is 225 g/mol. The highest BCUT2D eigenvalue weighted by atomic mass is 19.4. The Morgan fingerprint density at radius 3 is 2.62 bits per heavy atom. The van der Waals surface area contributed by atoms with Gasteiger partial charge in [-0.05, 0) is 6.92 Å². The number of halogens is 3. The van der Waals surface area contributed by atoms with Crippen molar-refractivity contribution in [1.82, 2.24) is 9.72 Å². The zero-order chi connectivity index (χ0) is 12.1. The first-order valence-corrected chi connectivity index (χ1v) is 4.35. The van der Waals surface area contributed by atoms with Gasteiger partial charge in [-0.2, -0.15) is 13.2 Å². The Balaban J connectivity index is 3.00. The SMILES string of the molecule is Cc1c(C(F)(F)F)n(C)c2oncc2c1=O. The van der Waals surface area contributed by atoms with Crippen molar-refractivity contribution in [3.63, 3.8) is 0 Å². The van der Waals surface area contributed by atoms with Crippen molar-refractivity contribution in [3.05, 3.63) is 27.7 Å². The summed E-state index contributed by atoms with van der Waals surface area (Å²) < 4.78 is 43.5. The average Bonchev–Trinajstić information content (AvgIpc) is 2.61. The Hall–Kier alpha value is -1.79. The van der Waals surface area contributed by atoms with Gasteiger partial charge in [0.05, 0.1) is 6.20 Å². The number of aryl methyl sites for hydroxylation is 1. The zero-order valence-electron chi connectivity index (χ0n) is 8.42. The van der Waals surface area contributed by atoms with Crippen LogP contribution in [0.15, 0.2) is 15.5 Å². The highest BCUT2D eigenvalue weighted by Gasteiger charge is 2.37. The molecule has 0 spiro atoms. The van der Waals surface area contributed by atoms with E-state index < -0.39 is 17.3 Å². The maximum Gasteiger partial charge on any atom is 0.431 e. The molecule has 0 aliphatic carbocycles. The second kappa shape index (κ2) is 3.10. The van der Waals surface area contributed by atoms with Gasteiger partial charge in [0.1, 0.15) is 11.1 Å². The predicted molar refractivity (Wildman–Crippen MR) is 49.0 cm³/mol. The topological polar surface area (TPSA) is 48.0 Å². The highest BCUT2D eigenvalue weighted by molar-refractivity contribution is 5.73. The molecule has 0 fully saturated rings. The molecule has 0 aliphatic heterocycles. The second-order valence-corrected chi connectivity index (χ2v) is 3.40. The zero-order valence-corrected chi connectivity index (χ0v) is 8.42. The molecule has 0 bridgehead atoms. The smallest absolute Gasteiger partial charge is 0.338 e. The van der Waals surface area contributed by atoms with Gasteiger partial charge in [-0.15, -0.1) is 0 Å². The van der Waals surface area contributed by atoms with Crippen LogP contribution >= 0.6 is 0 Å². The number of aromatic nitrogens is 2. The molecule has 86 valence electrons. The molecule has 2 aromatic heterocycles. The summed E-state index contributed by atoms with van der Waals surface area (Å²) in [4.78, 5) is 11.6. The van der Waals surface area contributed by atoms with Crippen LogP contribution in [-0.4, -0.2) is 9.72 Å². The van der Waals surface area contributed by atoms with E-state index in [1.54, 1.807) is 0 Å². The van der Waals surface area contributed by atoms with Crippen molar-refractivity contribution >= 4 is 11.1 Å². The molecule has 4 nitrogen and oxygen atoms in total. The van der Waals surface area contributed by atoms with Crippen LogP contribution in [0, 0.1) is 6.92 Å². The van der Waals surface area contributed by atoms with E-state index in [2.05, 4.69) is 9.68 Å². The second-order valence-electron chi connectivity index (χ2n) is 3.40. The van der Waals surface area contributed by atoms with Gasteiger partial charge in [-0.1, -0.05) is 5.16 Å².